The first-order valence-corrected chi connectivity index (χ1v) is 12.8. The molecular weight excluding hydrogens is 517 g/mol. The number of rotatable bonds is 5. The number of pyridine rings is 1. The Hall–Kier alpha value is -4.56. The van der Waals surface area contributed by atoms with Crippen molar-refractivity contribution in [2.24, 2.45) is 11.7 Å². The van der Waals surface area contributed by atoms with Gasteiger partial charge in [-0.1, -0.05) is 36.7 Å². The zero-order valence-corrected chi connectivity index (χ0v) is 21.6. The van der Waals surface area contributed by atoms with E-state index in [1.54, 1.807) is 52.3 Å². The minimum Gasteiger partial charge on any atom is -0.366 e. The molecule has 0 bridgehead atoms. The van der Waals surface area contributed by atoms with Gasteiger partial charge in [-0.3, -0.25) is 14.6 Å². The molecule has 9 heteroatoms. The number of amides is 2. The molecule has 0 saturated carbocycles. The van der Waals surface area contributed by atoms with Crippen molar-refractivity contribution in [2.75, 3.05) is 4.90 Å². The molecule has 3 aromatic carbocycles. The van der Waals surface area contributed by atoms with Gasteiger partial charge >= 0.3 is 0 Å². The standard InChI is InChI=1S/C30H23ClFN5O2/c1-17-26(27-23(29(33)38)6-4-14-34-27)28(22-5-2-3-7-24(22)31)36(30(17)39)21-12-13-25-18(15-21)16-35-37(25)20-10-8-19(32)9-11-20/h2-17,26,28H,1H3,(H2,33,38). The van der Waals surface area contributed by atoms with Crippen LogP contribution in [0.3, 0.4) is 0 Å². The van der Waals surface area contributed by atoms with Crippen LogP contribution in [0.2, 0.25) is 5.02 Å². The molecule has 0 spiro atoms. The van der Waals surface area contributed by atoms with Gasteiger partial charge in [-0.2, -0.15) is 5.10 Å². The molecule has 7 nitrogen and oxygen atoms in total. The first kappa shape index (κ1) is 24.8. The third kappa shape index (κ3) is 4.13. The Labute approximate surface area is 228 Å². The number of anilines is 1. The van der Waals surface area contributed by atoms with Gasteiger partial charge < -0.3 is 10.6 Å². The zero-order valence-electron chi connectivity index (χ0n) is 20.8. The summed E-state index contributed by atoms with van der Waals surface area (Å²) in [6, 6.07) is 21.8. The van der Waals surface area contributed by atoms with E-state index in [1.165, 1.54) is 12.1 Å². The van der Waals surface area contributed by atoms with Crippen molar-refractivity contribution in [3.05, 3.63) is 119 Å². The number of carbonyl (C=O) groups excluding carboxylic acids is 2. The molecule has 0 radical (unpaired) electrons. The zero-order chi connectivity index (χ0) is 27.3. The SMILES string of the molecule is CC1C(=O)N(c2ccc3c(cnn3-c3ccc(F)cc3)c2)C(c2ccccc2Cl)C1c1ncccc1C(N)=O. The number of halogens is 2. The lowest BCUT2D eigenvalue weighted by atomic mass is 9.83. The van der Waals surface area contributed by atoms with Crippen molar-refractivity contribution >= 4 is 40.0 Å². The number of fused-ring (bicyclic) bond motifs is 1. The van der Waals surface area contributed by atoms with E-state index < -0.39 is 23.8 Å². The molecule has 1 aliphatic heterocycles. The number of benzene rings is 3. The van der Waals surface area contributed by atoms with Gasteiger partial charge in [-0.25, -0.2) is 9.07 Å². The molecule has 1 fully saturated rings. The number of hydrogen-bond donors (Lipinski definition) is 1. The molecule has 2 amide bonds. The second kappa shape index (κ2) is 9.63. The normalized spacial score (nSPS) is 19.1. The number of nitrogens with zero attached hydrogens (tertiary/aromatic N) is 4. The van der Waals surface area contributed by atoms with Crippen LogP contribution in [0, 0.1) is 11.7 Å². The second-order valence-electron chi connectivity index (χ2n) is 9.57. The summed E-state index contributed by atoms with van der Waals surface area (Å²) in [5.41, 5.74) is 9.36. The maximum absolute atomic E-state index is 13.9. The number of nitrogens with two attached hydrogens (primary N) is 1. The van der Waals surface area contributed by atoms with Crippen LogP contribution in [0.5, 0.6) is 0 Å². The van der Waals surface area contributed by atoms with Gasteiger partial charge in [-0.05, 0) is 66.2 Å². The maximum Gasteiger partial charge on any atom is 0.250 e. The highest BCUT2D eigenvalue weighted by molar-refractivity contribution is 6.31. The lowest BCUT2D eigenvalue weighted by Gasteiger charge is -2.30. The van der Waals surface area contributed by atoms with Crippen LogP contribution < -0.4 is 10.6 Å². The quantitative estimate of drug-likeness (QED) is 0.304. The maximum atomic E-state index is 13.9. The number of aromatic nitrogens is 3. The fourth-order valence-electron chi connectivity index (χ4n) is 5.52. The molecular formula is C30H23ClFN5O2. The van der Waals surface area contributed by atoms with Crippen molar-refractivity contribution in [3.63, 3.8) is 0 Å². The van der Waals surface area contributed by atoms with Crippen molar-refractivity contribution in [3.8, 4) is 5.69 Å². The molecule has 3 unspecified atom stereocenters. The molecule has 194 valence electrons. The molecule has 2 aromatic heterocycles. The highest BCUT2D eigenvalue weighted by Crippen LogP contribution is 2.51. The molecule has 1 saturated heterocycles. The van der Waals surface area contributed by atoms with E-state index in [2.05, 4.69) is 10.1 Å². The molecule has 2 N–H and O–H groups in total. The van der Waals surface area contributed by atoms with E-state index in [4.69, 9.17) is 17.3 Å². The van der Waals surface area contributed by atoms with Gasteiger partial charge in [0.15, 0.2) is 0 Å². The smallest absolute Gasteiger partial charge is 0.250 e. The molecule has 1 aliphatic rings. The first-order chi connectivity index (χ1) is 18.8. The predicted molar refractivity (Wildman–Crippen MR) is 147 cm³/mol. The van der Waals surface area contributed by atoms with E-state index in [0.717, 1.165) is 16.5 Å². The van der Waals surface area contributed by atoms with E-state index in [-0.39, 0.29) is 17.3 Å². The highest BCUT2D eigenvalue weighted by atomic mass is 35.5. The van der Waals surface area contributed by atoms with Crippen molar-refractivity contribution < 1.29 is 14.0 Å². The summed E-state index contributed by atoms with van der Waals surface area (Å²) in [4.78, 5) is 32.5. The van der Waals surface area contributed by atoms with E-state index >= 15 is 0 Å². The Kier molecular flexibility index (Phi) is 6.12. The molecule has 3 atom stereocenters. The van der Waals surface area contributed by atoms with Crippen LogP contribution >= 0.6 is 11.6 Å². The van der Waals surface area contributed by atoms with Crippen LogP contribution in [0.15, 0.2) is 91.3 Å². The average molecular weight is 540 g/mol. The van der Waals surface area contributed by atoms with Crippen LogP contribution in [0.25, 0.3) is 16.6 Å². The third-order valence-corrected chi connectivity index (χ3v) is 7.67. The fraction of sp³-hybridized carbons (Fsp3) is 0.133. The molecule has 5 aromatic rings. The average Bonchev–Trinajstić information content (AvgIpc) is 3.47. The van der Waals surface area contributed by atoms with Gasteiger partial charge in [0, 0.05) is 34.1 Å². The largest absolute Gasteiger partial charge is 0.366 e. The van der Waals surface area contributed by atoms with Gasteiger partial charge in [0.1, 0.15) is 5.82 Å². The molecule has 0 aliphatic carbocycles. The van der Waals surface area contributed by atoms with Crippen LogP contribution in [0.4, 0.5) is 10.1 Å². The first-order valence-electron chi connectivity index (χ1n) is 12.4. The number of primary amides is 1. The van der Waals surface area contributed by atoms with Gasteiger partial charge in [0.2, 0.25) is 5.91 Å². The summed E-state index contributed by atoms with van der Waals surface area (Å²) in [5.74, 6) is -2.07. The molecule has 3 heterocycles. The predicted octanol–water partition coefficient (Wildman–Crippen LogP) is 5.82. The Morgan fingerprint density at radius 3 is 2.49 bits per heavy atom. The third-order valence-electron chi connectivity index (χ3n) is 7.33. The van der Waals surface area contributed by atoms with Crippen molar-refractivity contribution in [1.82, 2.24) is 14.8 Å². The summed E-state index contributed by atoms with van der Waals surface area (Å²) in [7, 11) is 0. The van der Waals surface area contributed by atoms with Crippen molar-refractivity contribution in [1.29, 1.82) is 0 Å². The van der Waals surface area contributed by atoms with Gasteiger partial charge in [0.25, 0.3) is 5.91 Å². The van der Waals surface area contributed by atoms with E-state index in [0.29, 0.717) is 22.1 Å². The summed E-state index contributed by atoms with van der Waals surface area (Å²) in [6.45, 7) is 1.83. The second-order valence-corrected chi connectivity index (χ2v) is 9.97. The molecule has 39 heavy (non-hydrogen) atoms. The van der Waals surface area contributed by atoms with Gasteiger partial charge in [-0.15, -0.1) is 0 Å². The van der Waals surface area contributed by atoms with Crippen LogP contribution in [0.1, 0.15) is 40.5 Å². The Morgan fingerprint density at radius 1 is 1.00 bits per heavy atom. The minimum atomic E-state index is -0.608. The Balaban J connectivity index is 1.51. The minimum absolute atomic E-state index is 0.128. The van der Waals surface area contributed by atoms with Gasteiger partial charge in [0.05, 0.1) is 34.7 Å². The van der Waals surface area contributed by atoms with Crippen LogP contribution in [-0.2, 0) is 4.79 Å². The Morgan fingerprint density at radius 2 is 1.74 bits per heavy atom. The fourth-order valence-corrected chi connectivity index (χ4v) is 5.76. The summed E-state index contributed by atoms with van der Waals surface area (Å²) < 4.78 is 15.2. The Bertz CT molecular complexity index is 1740. The van der Waals surface area contributed by atoms with Crippen LogP contribution in [-0.4, -0.2) is 26.6 Å². The highest BCUT2D eigenvalue weighted by Gasteiger charge is 2.50. The lowest BCUT2D eigenvalue weighted by molar-refractivity contribution is -0.120. The summed E-state index contributed by atoms with van der Waals surface area (Å²) in [6.07, 6.45) is 3.30. The lowest BCUT2D eigenvalue weighted by Crippen LogP contribution is -2.29. The number of carbonyl (C=O) groups is 2. The van der Waals surface area contributed by atoms with E-state index in [9.17, 15) is 14.0 Å². The summed E-state index contributed by atoms with van der Waals surface area (Å²) in [5, 5.41) is 5.79. The van der Waals surface area contributed by atoms with E-state index in [1.807, 2.05) is 43.3 Å². The number of hydrogen-bond acceptors (Lipinski definition) is 4. The summed E-state index contributed by atoms with van der Waals surface area (Å²) >= 11 is 6.69. The monoisotopic (exact) mass is 539 g/mol. The topological polar surface area (TPSA) is 94.1 Å². The van der Waals surface area contributed by atoms with Crippen molar-refractivity contribution in [2.45, 2.75) is 18.9 Å². The molecule has 6 rings (SSSR count).